The number of carbonyl (C=O) groups excluding carboxylic acids is 1. The van der Waals surface area contributed by atoms with Gasteiger partial charge in [0.1, 0.15) is 6.61 Å². The molecule has 0 saturated heterocycles. The van der Waals surface area contributed by atoms with Gasteiger partial charge >= 0.3 is 0 Å². The maximum atomic E-state index is 11.4. The summed E-state index contributed by atoms with van der Waals surface area (Å²) >= 11 is 0. The highest BCUT2D eigenvalue weighted by Gasteiger charge is 2.21. The zero-order chi connectivity index (χ0) is 12.5. The number of carbonyl (C=O) groups is 1. The van der Waals surface area contributed by atoms with Crippen molar-refractivity contribution >= 4 is 5.91 Å². The van der Waals surface area contributed by atoms with Gasteiger partial charge in [0.2, 0.25) is 5.91 Å². The Morgan fingerprint density at radius 2 is 2.12 bits per heavy atom. The van der Waals surface area contributed by atoms with Crippen molar-refractivity contribution in [3.05, 3.63) is 0 Å². The second-order valence-electron chi connectivity index (χ2n) is 4.56. The Labute approximate surface area is 103 Å². The molecule has 0 heterocycles. The van der Waals surface area contributed by atoms with Crippen LogP contribution in [0, 0.1) is 5.92 Å². The van der Waals surface area contributed by atoms with Gasteiger partial charge in [0, 0.05) is 19.7 Å². The SMILES string of the molecule is COCCOCC(=O)NCC1CCCCC1N. The third kappa shape index (κ3) is 6.00. The van der Waals surface area contributed by atoms with E-state index in [0.717, 1.165) is 12.8 Å². The molecule has 17 heavy (non-hydrogen) atoms. The van der Waals surface area contributed by atoms with Gasteiger partial charge in [-0.05, 0) is 18.8 Å². The average Bonchev–Trinajstić information content (AvgIpc) is 2.34. The van der Waals surface area contributed by atoms with Crippen LogP contribution in [0.2, 0.25) is 0 Å². The largest absolute Gasteiger partial charge is 0.382 e. The molecule has 0 radical (unpaired) electrons. The van der Waals surface area contributed by atoms with Gasteiger partial charge in [0.25, 0.3) is 0 Å². The van der Waals surface area contributed by atoms with Crippen molar-refractivity contribution in [1.82, 2.24) is 5.32 Å². The summed E-state index contributed by atoms with van der Waals surface area (Å²) in [7, 11) is 1.61. The van der Waals surface area contributed by atoms with Crippen molar-refractivity contribution in [3.8, 4) is 0 Å². The highest BCUT2D eigenvalue weighted by Crippen LogP contribution is 2.21. The first-order valence-electron chi connectivity index (χ1n) is 6.33. The molecule has 0 aromatic carbocycles. The third-order valence-corrected chi connectivity index (χ3v) is 3.19. The zero-order valence-corrected chi connectivity index (χ0v) is 10.6. The van der Waals surface area contributed by atoms with Crippen molar-refractivity contribution in [2.45, 2.75) is 31.7 Å². The summed E-state index contributed by atoms with van der Waals surface area (Å²) in [5, 5.41) is 2.87. The van der Waals surface area contributed by atoms with E-state index in [0.29, 0.717) is 25.7 Å². The summed E-state index contributed by atoms with van der Waals surface area (Å²) in [6.45, 7) is 1.74. The number of rotatable bonds is 7. The Hall–Kier alpha value is -0.650. The van der Waals surface area contributed by atoms with E-state index < -0.39 is 0 Å². The fraction of sp³-hybridized carbons (Fsp3) is 0.917. The number of ether oxygens (including phenoxy) is 2. The topological polar surface area (TPSA) is 73.6 Å². The van der Waals surface area contributed by atoms with Crippen molar-refractivity contribution in [2.24, 2.45) is 11.7 Å². The quantitative estimate of drug-likeness (QED) is 0.631. The summed E-state index contributed by atoms with van der Waals surface area (Å²) in [5.41, 5.74) is 6.01. The first-order valence-corrected chi connectivity index (χ1v) is 6.33. The predicted octanol–water partition coefficient (Wildman–Crippen LogP) is 0.283. The Morgan fingerprint density at radius 1 is 1.35 bits per heavy atom. The highest BCUT2D eigenvalue weighted by atomic mass is 16.5. The molecule has 1 aliphatic carbocycles. The lowest BCUT2D eigenvalue weighted by Crippen LogP contribution is -2.42. The monoisotopic (exact) mass is 244 g/mol. The van der Waals surface area contributed by atoms with Crippen molar-refractivity contribution in [2.75, 3.05) is 33.5 Å². The van der Waals surface area contributed by atoms with Crippen LogP contribution < -0.4 is 11.1 Å². The number of hydrogen-bond donors (Lipinski definition) is 2. The minimum Gasteiger partial charge on any atom is -0.382 e. The molecular formula is C12H24N2O3. The lowest BCUT2D eigenvalue weighted by Gasteiger charge is -2.28. The summed E-state index contributed by atoms with van der Waals surface area (Å²) < 4.78 is 9.95. The van der Waals surface area contributed by atoms with E-state index in [1.807, 2.05) is 0 Å². The van der Waals surface area contributed by atoms with E-state index in [2.05, 4.69) is 5.32 Å². The fourth-order valence-electron chi connectivity index (χ4n) is 2.09. The van der Waals surface area contributed by atoms with Gasteiger partial charge < -0.3 is 20.5 Å². The van der Waals surface area contributed by atoms with Crippen molar-refractivity contribution in [1.29, 1.82) is 0 Å². The molecule has 100 valence electrons. The minimum absolute atomic E-state index is 0.0705. The molecular weight excluding hydrogens is 220 g/mol. The van der Waals surface area contributed by atoms with E-state index in [-0.39, 0.29) is 18.6 Å². The molecule has 5 heteroatoms. The predicted molar refractivity (Wildman–Crippen MR) is 65.6 cm³/mol. The van der Waals surface area contributed by atoms with E-state index in [1.165, 1.54) is 12.8 Å². The van der Waals surface area contributed by atoms with Crippen LogP contribution in [0.3, 0.4) is 0 Å². The number of nitrogens with one attached hydrogen (secondary N) is 1. The Kier molecular flexibility index (Phi) is 7.16. The van der Waals surface area contributed by atoms with Crippen molar-refractivity contribution < 1.29 is 14.3 Å². The van der Waals surface area contributed by atoms with Crippen LogP contribution in [0.4, 0.5) is 0 Å². The van der Waals surface area contributed by atoms with E-state index in [1.54, 1.807) is 7.11 Å². The number of methoxy groups -OCH3 is 1. The molecule has 5 nitrogen and oxygen atoms in total. The molecule has 1 amide bonds. The molecule has 1 aliphatic rings. The number of nitrogens with two attached hydrogens (primary N) is 1. The summed E-state index contributed by atoms with van der Waals surface area (Å²) in [6.07, 6.45) is 4.63. The number of amides is 1. The van der Waals surface area contributed by atoms with Crippen molar-refractivity contribution in [3.63, 3.8) is 0 Å². The molecule has 2 atom stereocenters. The minimum atomic E-state index is -0.0705. The maximum absolute atomic E-state index is 11.4. The summed E-state index contributed by atoms with van der Waals surface area (Å²) in [4.78, 5) is 11.4. The van der Waals surface area contributed by atoms with Gasteiger partial charge in [-0.3, -0.25) is 4.79 Å². The second kappa shape index (κ2) is 8.44. The van der Waals surface area contributed by atoms with Crippen LogP contribution in [0.5, 0.6) is 0 Å². The van der Waals surface area contributed by atoms with Gasteiger partial charge in [-0.15, -0.1) is 0 Å². The molecule has 0 spiro atoms. The van der Waals surface area contributed by atoms with Gasteiger partial charge in [0.05, 0.1) is 13.2 Å². The van der Waals surface area contributed by atoms with Crippen LogP contribution in [-0.4, -0.2) is 45.4 Å². The van der Waals surface area contributed by atoms with Gasteiger partial charge in [-0.25, -0.2) is 0 Å². The van der Waals surface area contributed by atoms with Gasteiger partial charge in [-0.2, -0.15) is 0 Å². The normalized spacial score (nSPS) is 24.6. The van der Waals surface area contributed by atoms with Crippen LogP contribution in [0.25, 0.3) is 0 Å². The smallest absolute Gasteiger partial charge is 0.246 e. The molecule has 1 fully saturated rings. The first-order chi connectivity index (χ1) is 8.24. The van der Waals surface area contributed by atoms with Crippen LogP contribution in [-0.2, 0) is 14.3 Å². The summed E-state index contributed by atoms with van der Waals surface area (Å²) in [5.74, 6) is 0.352. The van der Waals surface area contributed by atoms with E-state index in [9.17, 15) is 4.79 Å². The standard InChI is InChI=1S/C12H24N2O3/c1-16-6-7-17-9-12(15)14-8-10-4-2-3-5-11(10)13/h10-11H,2-9,13H2,1H3,(H,14,15). The Bertz CT molecular complexity index is 224. The fourth-order valence-corrected chi connectivity index (χ4v) is 2.09. The molecule has 3 N–H and O–H groups in total. The first kappa shape index (κ1) is 14.4. The molecule has 2 unspecified atom stereocenters. The lowest BCUT2D eigenvalue weighted by molar-refractivity contribution is -0.126. The molecule has 1 saturated carbocycles. The zero-order valence-electron chi connectivity index (χ0n) is 10.6. The maximum Gasteiger partial charge on any atom is 0.246 e. The van der Waals surface area contributed by atoms with Gasteiger partial charge in [-0.1, -0.05) is 12.8 Å². The third-order valence-electron chi connectivity index (χ3n) is 3.19. The molecule has 0 aliphatic heterocycles. The van der Waals surface area contributed by atoms with Crippen LogP contribution in [0.1, 0.15) is 25.7 Å². The molecule has 1 rings (SSSR count). The Morgan fingerprint density at radius 3 is 2.82 bits per heavy atom. The molecule has 0 aromatic heterocycles. The highest BCUT2D eigenvalue weighted by molar-refractivity contribution is 5.77. The molecule has 0 aromatic rings. The average molecular weight is 244 g/mol. The number of hydrogen-bond acceptors (Lipinski definition) is 4. The van der Waals surface area contributed by atoms with Gasteiger partial charge in [0.15, 0.2) is 0 Å². The molecule has 0 bridgehead atoms. The second-order valence-corrected chi connectivity index (χ2v) is 4.56. The summed E-state index contributed by atoms with van der Waals surface area (Å²) in [6, 6.07) is 0.235. The Balaban J connectivity index is 2.06. The lowest BCUT2D eigenvalue weighted by atomic mass is 9.85. The van der Waals surface area contributed by atoms with Crippen LogP contribution >= 0.6 is 0 Å². The van der Waals surface area contributed by atoms with E-state index in [4.69, 9.17) is 15.2 Å². The van der Waals surface area contributed by atoms with Crippen LogP contribution in [0.15, 0.2) is 0 Å². The van der Waals surface area contributed by atoms with E-state index >= 15 is 0 Å².